The van der Waals surface area contributed by atoms with Crippen LogP contribution < -0.4 is 0 Å². The van der Waals surface area contributed by atoms with Gasteiger partial charge in [-0.2, -0.15) is 0 Å². The van der Waals surface area contributed by atoms with Crippen molar-refractivity contribution in [2.24, 2.45) is 28.6 Å². The number of carbonyl (C=O) groups is 2. The molecule has 0 radical (unpaired) electrons. The first kappa shape index (κ1) is 27.1. The van der Waals surface area contributed by atoms with E-state index < -0.39 is 70.6 Å². The Morgan fingerprint density at radius 2 is 1.91 bits per heavy atom. The maximum Gasteiger partial charge on any atom is 0.325 e. The van der Waals surface area contributed by atoms with E-state index in [2.05, 4.69) is 0 Å². The number of hydrogen-bond donors (Lipinski definition) is 4. The van der Waals surface area contributed by atoms with E-state index in [0.29, 0.717) is 0 Å². The molecule has 0 bridgehead atoms. The van der Waals surface area contributed by atoms with Gasteiger partial charge in [-0.15, -0.1) is 0 Å². The molecule has 0 amide bonds. The second-order valence-corrected chi connectivity index (χ2v) is 14.0. The Labute approximate surface area is 207 Å². The van der Waals surface area contributed by atoms with Crippen molar-refractivity contribution in [3.63, 3.8) is 0 Å². The first-order valence-electron chi connectivity index (χ1n) is 11.9. The summed E-state index contributed by atoms with van der Waals surface area (Å²) in [6, 6.07) is 0. The van der Waals surface area contributed by atoms with E-state index in [-0.39, 0.29) is 43.2 Å². The summed E-state index contributed by atoms with van der Waals surface area (Å²) in [6.07, 6.45) is -0.0706. The number of rotatable bonds is 5. The molecule has 11 heteroatoms. The molecule has 196 valence electrons. The maximum atomic E-state index is 17.1. The molecule has 4 N–H and O–H groups in total. The van der Waals surface area contributed by atoms with Crippen LogP contribution in [-0.4, -0.2) is 66.4 Å². The lowest BCUT2D eigenvalue weighted by Crippen LogP contribution is -2.70. The molecule has 3 saturated carbocycles. The predicted octanol–water partition coefficient (Wildman–Crippen LogP) is 3.11. The van der Waals surface area contributed by atoms with E-state index in [1.54, 1.807) is 13.8 Å². The van der Waals surface area contributed by atoms with E-state index in [1.165, 1.54) is 19.1 Å². The van der Waals surface area contributed by atoms with Crippen molar-refractivity contribution in [3.8, 4) is 0 Å². The Kier molecular flexibility index (Phi) is 6.64. The monoisotopic (exact) mass is 534 g/mol. The molecule has 0 aliphatic heterocycles. The van der Waals surface area contributed by atoms with Crippen LogP contribution in [0.1, 0.15) is 46.5 Å². The summed E-state index contributed by atoms with van der Waals surface area (Å²) in [7, 11) is -4.21. The molecule has 0 unspecified atom stereocenters. The molecular weight excluding hydrogens is 501 g/mol. The highest BCUT2D eigenvalue weighted by atomic mass is 32.2. The zero-order chi connectivity index (χ0) is 26.2. The van der Waals surface area contributed by atoms with Crippen LogP contribution >= 0.6 is 19.4 Å². The summed E-state index contributed by atoms with van der Waals surface area (Å²) in [4.78, 5) is 43.3. The van der Waals surface area contributed by atoms with Gasteiger partial charge < -0.3 is 20.0 Å². The quantitative estimate of drug-likeness (QED) is 0.313. The third-order valence-electron chi connectivity index (χ3n) is 9.35. The van der Waals surface area contributed by atoms with Crippen molar-refractivity contribution in [1.82, 2.24) is 0 Å². The number of alkyl halides is 2. The summed E-state index contributed by atoms with van der Waals surface area (Å²) in [6.45, 7) is 4.84. The molecule has 4 aliphatic rings. The fraction of sp³-hybridized carbons (Fsp3) is 0.750. The highest BCUT2D eigenvalue weighted by Gasteiger charge is 2.76. The lowest BCUT2D eigenvalue weighted by atomic mass is 9.44. The molecule has 0 aromatic carbocycles. The number of ketones is 1. The average molecular weight is 535 g/mol. The van der Waals surface area contributed by atoms with Crippen molar-refractivity contribution < 1.29 is 42.9 Å². The number of aliphatic hydroxyl groups excluding tert-OH is 1. The van der Waals surface area contributed by atoms with Gasteiger partial charge in [0.1, 0.15) is 11.8 Å². The fourth-order valence-corrected chi connectivity index (χ4v) is 9.43. The van der Waals surface area contributed by atoms with Crippen LogP contribution in [0.15, 0.2) is 23.8 Å². The van der Waals surface area contributed by atoms with Crippen molar-refractivity contribution in [1.29, 1.82) is 0 Å². The second-order valence-electron chi connectivity index (χ2n) is 11.1. The highest BCUT2D eigenvalue weighted by Crippen LogP contribution is 2.71. The van der Waals surface area contributed by atoms with E-state index in [9.17, 15) is 24.4 Å². The number of carbonyl (C=O) groups excluding carboxylic acids is 2. The van der Waals surface area contributed by atoms with Crippen LogP contribution in [0.4, 0.5) is 8.78 Å². The van der Waals surface area contributed by atoms with Crippen LogP contribution in [0.2, 0.25) is 0 Å². The lowest BCUT2D eigenvalue weighted by Gasteiger charge is -2.63. The van der Waals surface area contributed by atoms with Gasteiger partial charge in [0.15, 0.2) is 11.5 Å². The van der Waals surface area contributed by atoms with Crippen molar-refractivity contribution >= 4 is 30.3 Å². The molecule has 0 spiro atoms. The van der Waals surface area contributed by atoms with Gasteiger partial charge in [-0.25, -0.2) is 8.78 Å². The zero-order valence-corrected chi connectivity index (χ0v) is 21.7. The molecule has 4 aliphatic carbocycles. The number of thioether (sulfide) groups is 1. The van der Waals surface area contributed by atoms with Gasteiger partial charge in [0.05, 0.1) is 12.3 Å². The van der Waals surface area contributed by atoms with E-state index in [0.717, 1.165) is 17.8 Å². The lowest BCUT2D eigenvalue weighted by molar-refractivity contribution is -0.221. The van der Waals surface area contributed by atoms with Gasteiger partial charge in [-0.3, -0.25) is 14.2 Å². The third-order valence-corrected chi connectivity index (χ3v) is 11.3. The topological polar surface area (TPSA) is 132 Å². The third kappa shape index (κ3) is 3.77. The van der Waals surface area contributed by atoms with Gasteiger partial charge in [0.2, 0.25) is 5.12 Å². The average Bonchev–Trinajstić information content (AvgIpc) is 2.95. The number of halogens is 2. The smallest absolute Gasteiger partial charge is 0.325 e. The van der Waals surface area contributed by atoms with Crippen molar-refractivity contribution in [3.05, 3.63) is 23.8 Å². The zero-order valence-electron chi connectivity index (χ0n) is 20.0. The Morgan fingerprint density at radius 3 is 2.54 bits per heavy atom. The van der Waals surface area contributed by atoms with Gasteiger partial charge in [-0.05, 0) is 62.2 Å². The van der Waals surface area contributed by atoms with Crippen molar-refractivity contribution in [2.45, 2.75) is 70.0 Å². The maximum absolute atomic E-state index is 17.1. The summed E-state index contributed by atoms with van der Waals surface area (Å²) >= 11 is 0.780. The normalized spacial score (nSPS) is 47.1. The Hall–Kier alpha value is -0.900. The highest BCUT2D eigenvalue weighted by molar-refractivity contribution is 8.13. The van der Waals surface area contributed by atoms with Gasteiger partial charge in [0.25, 0.3) is 0 Å². The molecule has 0 aromatic heterocycles. The van der Waals surface area contributed by atoms with E-state index in [1.807, 2.05) is 0 Å². The van der Waals surface area contributed by atoms with Crippen molar-refractivity contribution in [2.75, 3.05) is 11.9 Å². The molecule has 0 heterocycles. The van der Waals surface area contributed by atoms with Crippen LogP contribution in [0, 0.1) is 28.6 Å². The summed E-state index contributed by atoms with van der Waals surface area (Å²) in [5, 5.41) is 22.5. The van der Waals surface area contributed by atoms with Gasteiger partial charge >= 0.3 is 7.60 Å². The minimum absolute atomic E-state index is 0.0180. The minimum atomic E-state index is -4.21. The molecule has 7 nitrogen and oxygen atoms in total. The molecule has 35 heavy (non-hydrogen) atoms. The van der Waals surface area contributed by atoms with Crippen LogP contribution in [0.3, 0.4) is 0 Å². The molecule has 0 aromatic rings. The molecule has 3 fully saturated rings. The number of aliphatic hydroxyl groups is 2. The Morgan fingerprint density at radius 1 is 1.26 bits per heavy atom. The summed E-state index contributed by atoms with van der Waals surface area (Å²) in [5.41, 5.74) is -6.95. The molecule has 0 saturated heterocycles. The molecular formula is C24H33F2O7PS. The Balaban J connectivity index is 1.67. The van der Waals surface area contributed by atoms with Gasteiger partial charge in [-0.1, -0.05) is 31.7 Å². The number of hydrogen-bond acceptors (Lipinski definition) is 6. The van der Waals surface area contributed by atoms with Gasteiger partial charge in [0, 0.05) is 22.5 Å². The largest absolute Gasteiger partial charge is 0.390 e. The number of allylic oxidation sites excluding steroid dienone is 4. The predicted molar refractivity (Wildman–Crippen MR) is 127 cm³/mol. The van der Waals surface area contributed by atoms with Crippen LogP contribution in [0.25, 0.3) is 0 Å². The SMILES string of the molecule is C[C@@H]1C[C@H]2[C@@H]3C[C@H](F)C4=CC(=O)C=C[C@]4(C)[C@@]3(F)[C@@H](O)C[C@]2(C)[C@@]1(O)C(=O)SCCCP(=O)(O)O. The summed E-state index contributed by atoms with van der Waals surface area (Å²) in [5.74, 6) is -2.52. The standard InChI is InChI=1S/C24H33F2O7PS/c1-13-9-15-16-11-18(25)17-10-14(27)5-6-21(17,2)23(16,26)19(28)12-22(15,3)24(13,30)20(29)35-8-4-7-34(31,32)33/h5-6,10,13,15-16,18-19,28,30H,4,7-9,11-12H2,1-3H3,(H2,31,32,33)/t13-,15+,16+,18+,19+,21+,22+,23+,24+/m1/s1. The van der Waals surface area contributed by atoms with E-state index >= 15 is 8.78 Å². The van der Waals surface area contributed by atoms with E-state index in [4.69, 9.17) is 9.79 Å². The first-order chi connectivity index (χ1) is 16.0. The molecule has 4 rings (SSSR count). The second kappa shape index (κ2) is 8.57. The van der Waals surface area contributed by atoms with Crippen LogP contribution in [0.5, 0.6) is 0 Å². The molecule has 9 atom stereocenters. The minimum Gasteiger partial charge on any atom is -0.390 e. The van der Waals surface area contributed by atoms with Crippen LogP contribution in [-0.2, 0) is 14.2 Å². The Bertz CT molecular complexity index is 1040. The number of fused-ring (bicyclic) bond motifs is 5. The first-order valence-corrected chi connectivity index (χ1v) is 14.7. The summed E-state index contributed by atoms with van der Waals surface area (Å²) < 4.78 is 43.6. The fourth-order valence-electron chi connectivity index (χ4n) is 7.52.